The molecular weight excluding hydrogens is 477 g/mol. The molecule has 3 heterocycles. The molecule has 0 atom stereocenters. The summed E-state index contributed by atoms with van der Waals surface area (Å²) in [6.45, 7) is 2.33. The Labute approximate surface area is 220 Å². The van der Waals surface area contributed by atoms with Crippen molar-refractivity contribution in [2.75, 3.05) is 18.0 Å². The van der Waals surface area contributed by atoms with Gasteiger partial charge in [-0.3, -0.25) is 14.3 Å². The number of aromatic nitrogens is 3. The molecule has 0 unspecified atom stereocenters. The molecular formula is C31H28FN5O. The maximum absolute atomic E-state index is 13.3. The van der Waals surface area contributed by atoms with Gasteiger partial charge in [0.1, 0.15) is 12.1 Å². The van der Waals surface area contributed by atoms with Crippen LogP contribution in [0.15, 0.2) is 97.6 Å². The molecule has 1 N–H and O–H groups in total. The number of hydrogen-bond acceptors (Lipinski definition) is 4. The first-order valence-corrected chi connectivity index (χ1v) is 12.9. The molecule has 190 valence electrons. The highest BCUT2D eigenvalue weighted by Crippen LogP contribution is 2.31. The van der Waals surface area contributed by atoms with Gasteiger partial charge < -0.3 is 10.2 Å². The van der Waals surface area contributed by atoms with E-state index in [0.29, 0.717) is 18.0 Å². The highest BCUT2D eigenvalue weighted by molar-refractivity contribution is 5.97. The molecule has 1 amide bonds. The van der Waals surface area contributed by atoms with Crippen LogP contribution in [0.5, 0.6) is 0 Å². The molecule has 0 bridgehead atoms. The topological polar surface area (TPSA) is 63.1 Å². The highest BCUT2D eigenvalue weighted by atomic mass is 19.1. The minimum atomic E-state index is -0.185. The van der Waals surface area contributed by atoms with E-state index < -0.39 is 0 Å². The lowest BCUT2D eigenvalue weighted by atomic mass is 9.89. The highest BCUT2D eigenvalue weighted by Gasteiger charge is 2.21. The van der Waals surface area contributed by atoms with E-state index in [2.05, 4.69) is 49.0 Å². The van der Waals surface area contributed by atoms with Crippen LogP contribution >= 0.6 is 0 Å². The molecule has 5 aromatic rings. The third-order valence-electron chi connectivity index (χ3n) is 7.29. The van der Waals surface area contributed by atoms with E-state index in [0.717, 1.165) is 48.2 Å². The molecule has 0 spiro atoms. The Bertz CT molecular complexity index is 1560. The molecule has 6 rings (SSSR count). The van der Waals surface area contributed by atoms with Crippen LogP contribution in [0.2, 0.25) is 0 Å². The number of anilines is 1. The van der Waals surface area contributed by atoms with Gasteiger partial charge in [0.15, 0.2) is 0 Å². The van der Waals surface area contributed by atoms with Crippen molar-refractivity contribution in [2.24, 2.45) is 0 Å². The van der Waals surface area contributed by atoms with Gasteiger partial charge >= 0.3 is 0 Å². The molecule has 6 nitrogen and oxygen atoms in total. The van der Waals surface area contributed by atoms with E-state index >= 15 is 0 Å². The first-order chi connectivity index (χ1) is 18.6. The molecule has 7 heteroatoms. The Morgan fingerprint density at radius 3 is 2.55 bits per heavy atom. The lowest BCUT2D eigenvalue weighted by Gasteiger charge is -2.34. The van der Waals surface area contributed by atoms with Crippen molar-refractivity contribution in [3.8, 4) is 5.69 Å². The standard InChI is InChI=1S/C31H28FN5O/c32-26-9-6-23(7-10-26)24-12-15-36(16-13-24)27-4-1-5-28(18-27)37-21-35-29-17-25(8-11-30(29)37)31(38)34-20-22-3-2-14-33-19-22/h1-11,14,17-19,21,24H,12-13,15-16,20H2,(H,34,38). The van der Waals surface area contributed by atoms with E-state index in [1.54, 1.807) is 24.5 Å². The van der Waals surface area contributed by atoms with Crippen molar-refractivity contribution in [3.05, 3.63) is 120 Å². The number of rotatable bonds is 6. The maximum Gasteiger partial charge on any atom is 0.251 e. The SMILES string of the molecule is O=C(NCc1cccnc1)c1ccc2c(c1)ncn2-c1cccc(N2CCC(c3ccc(F)cc3)CC2)c1. The molecule has 1 fully saturated rings. The largest absolute Gasteiger partial charge is 0.371 e. The second-order valence-electron chi connectivity index (χ2n) is 9.69. The summed E-state index contributed by atoms with van der Waals surface area (Å²) in [5.41, 5.74) is 6.66. The van der Waals surface area contributed by atoms with Crippen molar-refractivity contribution in [1.82, 2.24) is 19.9 Å². The van der Waals surface area contributed by atoms with E-state index in [9.17, 15) is 9.18 Å². The predicted octanol–water partition coefficient (Wildman–Crippen LogP) is 5.87. The lowest BCUT2D eigenvalue weighted by molar-refractivity contribution is 0.0951. The summed E-state index contributed by atoms with van der Waals surface area (Å²) in [6.07, 6.45) is 7.34. The third-order valence-corrected chi connectivity index (χ3v) is 7.29. The van der Waals surface area contributed by atoms with Crippen LogP contribution < -0.4 is 10.2 Å². The Kier molecular flexibility index (Phi) is 6.56. The van der Waals surface area contributed by atoms with Crippen LogP contribution in [0.1, 0.15) is 40.2 Å². The molecule has 0 saturated carbocycles. The summed E-state index contributed by atoms with van der Waals surface area (Å²) in [5, 5.41) is 2.94. The Balaban J connectivity index is 1.15. The quantitative estimate of drug-likeness (QED) is 0.313. The van der Waals surface area contributed by atoms with Gasteiger partial charge in [-0.05, 0) is 84.5 Å². The van der Waals surface area contributed by atoms with E-state index in [1.807, 2.05) is 48.8 Å². The van der Waals surface area contributed by atoms with Crippen LogP contribution in [-0.4, -0.2) is 33.5 Å². The number of piperidine rings is 1. The van der Waals surface area contributed by atoms with Gasteiger partial charge in [0.25, 0.3) is 5.91 Å². The lowest BCUT2D eigenvalue weighted by Crippen LogP contribution is -2.32. The van der Waals surface area contributed by atoms with Crippen molar-refractivity contribution >= 4 is 22.6 Å². The molecule has 3 aromatic carbocycles. The summed E-state index contributed by atoms with van der Waals surface area (Å²) < 4.78 is 15.4. The first-order valence-electron chi connectivity index (χ1n) is 12.9. The van der Waals surface area contributed by atoms with Gasteiger partial charge in [0.2, 0.25) is 0 Å². The minimum absolute atomic E-state index is 0.142. The molecule has 1 aliphatic rings. The first kappa shape index (κ1) is 23.9. The van der Waals surface area contributed by atoms with Crippen LogP contribution in [-0.2, 0) is 6.54 Å². The van der Waals surface area contributed by atoms with Crippen LogP contribution in [0.4, 0.5) is 10.1 Å². The zero-order valence-corrected chi connectivity index (χ0v) is 20.9. The van der Waals surface area contributed by atoms with Gasteiger partial charge in [-0.1, -0.05) is 24.3 Å². The molecule has 38 heavy (non-hydrogen) atoms. The number of fused-ring (bicyclic) bond motifs is 1. The predicted molar refractivity (Wildman–Crippen MR) is 147 cm³/mol. The molecule has 1 saturated heterocycles. The number of carbonyl (C=O) groups is 1. The van der Waals surface area contributed by atoms with Gasteiger partial charge in [-0.15, -0.1) is 0 Å². The van der Waals surface area contributed by atoms with Gasteiger partial charge in [0.05, 0.1) is 11.0 Å². The summed E-state index contributed by atoms with van der Waals surface area (Å²) in [5.74, 6) is 0.134. The Morgan fingerprint density at radius 1 is 0.947 bits per heavy atom. The van der Waals surface area contributed by atoms with Crippen LogP contribution in [0, 0.1) is 5.82 Å². The summed E-state index contributed by atoms with van der Waals surface area (Å²) in [6, 6.07) is 24.8. The van der Waals surface area contributed by atoms with Crippen molar-refractivity contribution in [3.63, 3.8) is 0 Å². The average molecular weight is 506 g/mol. The summed E-state index contributed by atoms with van der Waals surface area (Å²) in [4.78, 5) is 23.8. The normalized spacial score (nSPS) is 14.1. The fourth-order valence-corrected chi connectivity index (χ4v) is 5.19. The van der Waals surface area contributed by atoms with Gasteiger partial charge in [-0.25, -0.2) is 9.37 Å². The summed E-state index contributed by atoms with van der Waals surface area (Å²) >= 11 is 0. The second-order valence-corrected chi connectivity index (χ2v) is 9.69. The van der Waals surface area contributed by atoms with Crippen molar-refractivity contribution in [2.45, 2.75) is 25.3 Å². The number of pyridine rings is 1. The fourth-order valence-electron chi connectivity index (χ4n) is 5.19. The van der Waals surface area contributed by atoms with E-state index in [1.165, 1.54) is 11.3 Å². The zero-order valence-electron chi connectivity index (χ0n) is 20.9. The fraction of sp³-hybridized carbons (Fsp3) is 0.194. The van der Waals surface area contributed by atoms with Gasteiger partial charge in [-0.2, -0.15) is 0 Å². The monoisotopic (exact) mass is 505 g/mol. The van der Waals surface area contributed by atoms with E-state index in [4.69, 9.17) is 0 Å². The van der Waals surface area contributed by atoms with Gasteiger partial charge in [0, 0.05) is 49.0 Å². The smallest absolute Gasteiger partial charge is 0.251 e. The number of hydrogen-bond donors (Lipinski definition) is 1. The van der Waals surface area contributed by atoms with Crippen molar-refractivity contribution in [1.29, 1.82) is 0 Å². The van der Waals surface area contributed by atoms with E-state index in [-0.39, 0.29) is 11.7 Å². The summed E-state index contributed by atoms with van der Waals surface area (Å²) in [7, 11) is 0. The number of imidazole rings is 1. The maximum atomic E-state index is 13.3. The number of amides is 1. The number of halogens is 1. The number of nitrogens with one attached hydrogen (secondary N) is 1. The number of carbonyl (C=O) groups excluding carboxylic acids is 1. The van der Waals surface area contributed by atoms with Crippen LogP contribution in [0.3, 0.4) is 0 Å². The Hall–Kier alpha value is -4.52. The third kappa shape index (κ3) is 5.00. The molecule has 0 aliphatic carbocycles. The van der Waals surface area contributed by atoms with Crippen molar-refractivity contribution < 1.29 is 9.18 Å². The molecule has 1 aliphatic heterocycles. The minimum Gasteiger partial charge on any atom is -0.371 e. The average Bonchev–Trinajstić information content (AvgIpc) is 3.40. The number of benzene rings is 3. The Morgan fingerprint density at radius 2 is 1.76 bits per heavy atom. The van der Waals surface area contributed by atoms with Crippen LogP contribution in [0.25, 0.3) is 16.7 Å². The number of nitrogens with zero attached hydrogens (tertiary/aromatic N) is 4. The zero-order chi connectivity index (χ0) is 25.9. The second kappa shape index (κ2) is 10.5. The molecule has 0 radical (unpaired) electrons. The molecule has 2 aromatic heterocycles.